The fourth-order valence-electron chi connectivity index (χ4n) is 4.09. The van der Waals surface area contributed by atoms with Crippen molar-refractivity contribution in [2.24, 2.45) is 11.5 Å². The van der Waals surface area contributed by atoms with Gasteiger partial charge in [0.2, 0.25) is 0 Å². The summed E-state index contributed by atoms with van der Waals surface area (Å²) in [4.78, 5) is 4.25. The lowest BCUT2D eigenvalue weighted by Crippen LogP contribution is -2.68. The van der Waals surface area contributed by atoms with Gasteiger partial charge in [0, 0.05) is 19.3 Å². The van der Waals surface area contributed by atoms with Crippen LogP contribution in [0.15, 0.2) is 0 Å². The number of ether oxygens (including phenoxy) is 1. The lowest BCUT2D eigenvalue weighted by atomic mass is 10.1. The molecule has 0 aromatic carbocycles. The van der Waals surface area contributed by atoms with Crippen LogP contribution >= 0.6 is 0 Å². The number of aliphatic hydroxyl groups is 2. The standard InChI is InChI=1S/C16H35N7O3/c1-9(2)22(5-3-4-17)6-10-12(24)13(25)16(26-10)23-8-21-11-14(18)19-7-20-15(11)23/h9-16,19-21,24-25H,3-8,17-18H2,1-2H3/t10-,11?,12-,13-,14?,15?,16-/m1/s1. The third-order valence-electron chi connectivity index (χ3n) is 5.70. The Labute approximate surface area is 155 Å². The zero-order valence-corrected chi connectivity index (χ0v) is 15.7. The van der Waals surface area contributed by atoms with Gasteiger partial charge in [-0.2, -0.15) is 0 Å². The molecule has 3 rings (SSSR count). The van der Waals surface area contributed by atoms with Crippen LogP contribution < -0.4 is 27.4 Å². The second-order valence-corrected chi connectivity index (χ2v) is 7.74. The predicted molar refractivity (Wildman–Crippen MR) is 97.6 cm³/mol. The molecule has 0 aromatic rings. The Hall–Kier alpha value is -0.400. The number of nitrogens with two attached hydrogens (primary N) is 2. The molecule has 3 unspecified atom stereocenters. The second-order valence-electron chi connectivity index (χ2n) is 7.74. The molecule has 0 bridgehead atoms. The fraction of sp³-hybridized carbons (Fsp3) is 1.00. The van der Waals surface area contributed by atoms with Gasteiger partial charge in [-0.15, -0.1) is 0 Å². The molecule has 0 saturated carbocycles. The van der Waals surface area contributed by atoms with Crippen LogP contribution in [-0.4, -0.2) is 102 Å². The Morgan fingerprint density at radius 3 is 2.69 bits per heavy atom. The number of nitrogens with one attached hydrogen (secondary N) is 3. The minimum atomic E-state index is -0.961. The number of rotatable bonds is 7. The molecule has 152 valence electrons. The van der Waals surface area contributed by atoms with E-state index in [-0.39, 0.29) is 18.4 Å². The molecule has 3 fully saturated rings. The van der Waals surface area contributed by atoms with E-state index in [2.05, 4.69) is 34.7 Å². The summed E-state index contributed by atoms with van der Waals surface area (Å²) in [6, 6.07) is 0.336. The smallest absolute Gasteiger partial charge is 0.142 e. The first kappa shape index (κ1) is 20.3. The topological polar surface area (TPSA) is 144 Å². The lowest BCUT2D eigenvalue weighted by molar-refractivity contribution is -0.107. The molecular weight excluding hydrogens is 338 g/mol. The van der Waals surface area contributed by atoms with Gasteiger partial charge in [0.25, 0.3) is 0 Å². The number of hydrogen-bond donors (Lipinski definition) is 7. The Bertz CT molecular complexity index is 458. The highest BCUT2D eigenvalue weighted by Gasteiger charge is 2.51. The van der Waals surface area contributed by atoms with Crippen molar-refractivity contribution in [1.29, 1.82) is 0 Å². The molecule has 3 saturated heterocycles. The van der Waals surface area contributed by atoms with Gasteiger partial charge < -0.3 is 26.4 Å². The van der Waals surface area contributed by atoms with Crippen LogP contribution in [0, 0.1) is 0 Å². The van der Waals surface area contributed by atoms with Crippen molar-refractivity contribution < 1.29 is 14.9 Å². The van der Waals surface area contributed by atoms with Gasteiger partial charge in [0.15, 0.2) is 0 Å². The Kier molecular flexibility index (Phi) is 6.83. The normalized spacial score (nSPS) is 41.3. The largest absolute Gasteiger partial charge is 0.387 e. The van der Waals surface area contributed by atoms with Crippen molar-refractivity contribution in [3.05, 3.63) is 0 Å². The zero-order valence-electron chi connectivity index (χ0n) is 15.7. The highest BCUT2D eigenvalue weighted by molar-refractivity contribution is 5.02. The number of aliphatic hydroxyl groups excluding tert-OH is 2. The third kappa shape index (κ3) is 4.04. The van der Waals surface area contributed by atoms with E-state index in [1.807, 2.05) is 4.90 Å². The summed E-state index contributed by atoms with van der Waals surface area (Å²) in [5.74, 6) is 0. The van der Waals surface area contributed by atoms with E-state index < -0.39 is 24.5 Å². The summed E-state index contributed by atoms with van der Waals surface area (Å²) < 4.78 is 6.13. The SMILES string of the molecule is CC(C)N(CCCN)C[C@H]1O[C@@H](N2CNC3C(N)NCNC32)[C@H](O)[C@@H]1O. The van der Waals surface area contributed by atoms with Crippen LogP contribution in [0.1, 0.15) is 20.3 Å². The van der Waals surface area contributed by atoms with Crippen LogP contribution in [-0.2, 0) is 4.74 Å². The molecular formula is C16H35N7O3. The van der Waals surface area contributed by atoms with Crippen LogP contribution in [0.4, 0.5) is 0 Å². The van der Waals surface area contributed by atoms with Crippen LogP contribution in [0.2, 0.25) is 0 Å². The van der Waals surface area contributed by atoms with E-state index in [4.69, 9.17) is 16.2 Å². The van der Waals surface area contributed by atoms with E-state index in [0.717, 1.165) is 13.0 Å². The van der Waals surface area contributed by atoms with Crippen molar-refractivity contribution >= 4 is 0 Å². The molecule has 0 aliphatic carbocycles. The molecule has 9 N–H and O–H groups in total. The Balaban J connectivity index is 1.64. The fourth-order valence-corrected chi connectivity index (χ4v) is 4.09. The molecule has 0 amide bonds. The van der Waals surface area contributed by atoms with Gasteiger partial charge >= 0.3 is 0 Å². The summed E-state index contributed by atoms with van der Waals surface area (Å²) in [6.07, 6.45) is -2.22. The third-order valence-corrected chi connectivity index (χ3v) is 5.70. The summed E-state index contributed by atoms with van der Waals surface area (Å²) in [7, 11) is 0. The summed E-state index contributed by atoms with van der Waals surface area (Å²) in [5, 5.41) is 31.0. The van der Waals surface area contributed by atoms with Gasteiger partial charge in [0.1, 0.15) is 24.5 Å². The van der Waals surface area contributed by atoms with E-state index in [1.54, 1.807) is 0 Å². The maximum atomic E-state index is 10.6. The average molecular weight is 374 g/mol. The highest BCUT2D eigenvalue weighted by atomic mass is 16.6. The van der Waals surface area contributed by atoms with Crippen molar-refractivity contribution in [3.8, 4) is 0 Å². The van der Waals surface area contributed by atoms with Crippen LogP contribution in [0.5, 0.6) is 0 Å². The maximum absolute atomic E-state index is 10.6. The zero-order chi connectivity index (χ0) is 18.8. The first-order chi connectivity index (χ1) is 12.4. The van der Waals surface area contributed by atoms with E-state index in [9.17, 15) is 10.2 Å². The number of fused-ring (bicyclic) bond motifs is 1. The van der Waals surface area contributed by atoms with E-state index in [1.165, 1.54) is 0 Å². The minimum absolute atomic E-state index is 0.0208. The minimum Gasteiger partial charge on any atom is -0.387 e. The predicted octanol–water partition coefficient (Wildman–Crippen LogP) is -3.52. The molecule has 0 aromatic heterocycles. The lowest BCUT2D eigenvalue weighted by Gasteiger charge is -2.38. The second kappa shape index (κ2) is 8.74. The molecule has 0 spiro atoms. The highest BCUT2D eigenvalue weighted by Crippen LogP contribution is 2.29. The van der Waals surface area contributed by atoms with Crippen molar-refractivity contribution in [1.82, 2.24) is 25.8 Å². The first-order valence-corrected chi connectivity index (χ1v) is 9.61. The Morgan fingerprint density at radius 2 is 2.00 bits per heavy atom. The number of nitrogens with zero attached hydrogens (tertiary/aromatic N) is 2. The molecule has 10 heteroatoms. The van der Waals surface area contributed by atoms with E-state index >= 15 is 0 Å². The maximum Gasteiger partial charge on any atom is 0.142 e. The molecule has 3 aliphatic rings. The summed E-state index contributed by atoms with van der Waals surface area (Å²) in [6.45, 7) is 7.40. The molecule has 3 heterocycles. The number of hydrogen-bond acceptors (Lipinski definition) is 10. The molecule has 10 nitrogen and oxygen atoms in total. The van der Waals surface area contributed by atoms with Gasteiger partial charge in [-0.1, -0.05) is 0 Å². The summed E-state index contributed by atoms with van der Waals surface area (Å²) in [5.41, 5.74) is 11.7. The molecule has 7 atom stereocenters. The molecule has 0 radical (unpaired) electrons. The van der Waals surface area contributed by atoms with Crippen molar-refractivity contribution in [3.63, 3.8) is 0 Å². The summed E-state index contributed by atoms with van der Waals surface area (Å²) >= 11 is 0. The van der Waals surface area contributed by atoms with Gasteiger partial charge in [-0.3, -0.25) is 20.9 Å². The Morgan fingerprint density at radius 1 is 1.23 bits per heavy atom. The average Bonchev–Trinajstić information content (AvgIpc) is 3.15. The van der Waals surface area contributed by atoms with E-state index in [0.29, 0.717) is 32.5 Å². The first-order valence-electron chi connectivity index (χ1n) is 9.61. The monoisotopic (exact) mass is 373 g/mol. The van der Waals surface area contributed by atoms with Crippen molar-refractivity contribution in [2.75, 3.05) is 33.0 Å². The van der Waals surface area contributed by atoms with Gasteiger partial charge in [-0.05, 0) is 33.4 Å². The van der Waals surface area contributed by atoms with Crippen LogP contribution in [0.25, 0.3) is 0 Å². The van der Waals surface area contributed by atoms with Crippen molar-refractivity contribution in [2.45, 2.75) is 69.2 Å². The molecule has 3 aliphatic heterocycles. The quantitative estimate of drug-likeness (QED) is 0.240. The van der Waals surface area contributed by atoms with Crippen LogP contribution in [0.3, 0.4) is 0 Å². The molecule has 26 heavy (non-hydrogen) atoms. The van der Waals surface area contributed by atoms with Gasteiger partial charge in [-0.25, -0.2) is 4.90 Å². The van der Waals surface area contributed by atoms with Gasteiger partial charge in [0.05, 0.1) is 25.0 Å².